The maximum absolute atomic E-state index is 4.47. The number of aromatic nitrogens is 3. The highest BCUT2D eigenvalue weighted by molar-refractivity contribution is 5.56. The number of rotatable bonds is 3. The molecule has 4 rings (SSSR count). The van der Waals surface area contributed by atoms with Gasteiger partial charge < -0.3 is 5.32 Å². The summed E-state index contributed by atoms with van der Waals surface area (Å²) in [5.74, 6) is 1.11. The van der Waals surface area contributed by atoms with Gasteiger partial charge in [0.2, 0.25) is 0 Å². The first kappa shape index (κ1) is 13.7. The maximum Gasteiger partial charge on any atom is 0.137 e. The van der Waals surface area contributed by atoms with Gasteiger partial charge in [0.15, 0.2) is 0 Å². The third-order valence-corrected chi connectivity index (χ3v) is 5.03. The molecule has 1 saturated heterocycles. The SMILES string of the molecule is C1=CC(C([C@H]2CCCNC2)n2cncn2)Cc2ccccc21. The molecule has 4 nitrogen and oxygen atoms in total. The highest BCUT2D eigenvalue weighted by atomic mass is 15.3. The van der Waals surface area contributed by atoms with E-state index in [9.17, 15) is 0 Å². The van der Waals surface area contributed by atoms with Crippen LogP contribution in [-0.4, -0.2) is 27.9 Å². The van der Waals surface area contributed by atoms with Gasteiger partial charge in [-0.25, -0.2) is 9.67 Å². The molecular formula is C18H22N4. The Morgan fingerprint density at radius 2 is 2.23 bits per heavy atom. The Hall–Kier alpha value is -1.94. The summed E-state index contributed by atoms with van der Waals surface area (Å²) < 4.78 is 2.08. The van der Waals surface area contributed by atoms with Crippen molar-refractivity contribution in [3.63, 3.8) is 0 Å². The Morgan fingerprint density at radius 3 is 3.05 bits per heavy atom. The molecule has 1 fully saturated rings. The molecule has 1 aliphatic carbocycles. The number of nitrogens with zero attached hydrogens (tertiary/aromatic N) is 3. The van der Waals surface area contributed by atoms with Crippen molar-refractivity contribution in [2.45, 2.75) is 25.3 Å². The molecule has 1 aromatic heterocycles. The Morgan fingerprint density at radius 1 is 1.27 bits per heavy atom. The molecular weight excluding hydrogens is 272 g/mol. The van der Waals surface area contributed by atoms with Crippen molar-refractivity contribution in [1.82, 2.24) is 20.1 Å². The second kappa shape index (κ2) is 6.05. The number of hydrogen-bond acceptors (Lipinski definition) is 3. The Kier molecular flexibility index (Phi) is 3.77. The standard InChI is InChI=1S/C18H22N4/c1-2-5-15-10-16(8-7-14(15)4-1)18(22-13-20-12-21-22)17-6-3-9-19-11-17/h1-2,4-5,7-8,12-13,16-19H,3,6,9-11H2/t16?,17-,18?/m0/s1. The van der Waals surface area contributed by atoms with E-state index < -0.39 is 0 Å². The maximum atomic E-state index is 4.47. The molecule has 0 saturated carbocycles. The molecule has 0 amide bonds. The van der Waals surface area contributed by atoms with Crippen LogP contribution in [0.1, 0.15) is 30.0 Å². The van der Waals surface area contributed by atoms with Gasteiger partial charge in [-0.2, -0.15) is 5.10 Å². The fourth-order valence-electron chi connectivity index (χ4n) is 3.97. The average Bonchev–Trinajstić information content (AvgIpc) is 3.10. The third kappa shape index (κ3) is 2.59. The number of nitrogens with one attached hydrogen (secondary N) is 1. The number of piperidine rings is 1. The smallest absolute Gasteiger partial charge is 0.137 e. The normalized spacial score (nSPS) is 25.6. The average molecular weight is 294 g/mol. The molecule has 2 unspecified atom stereocenters. The van der Waals surface area contributed by atoms with Crippen LogP contribution >= 0.6 is 0 Å². The van der Waals surface area contributed by atoms with Gasteiger partial charge in [0.1, 0.15) is 12.7 Å². The monoisotopic (exact) mass is 294 g/mol. The van der Waals surface area contributed by atoms with Crippen molar-refractivity contribution in [2.24, 2.45) is 11.8 Å². The first-order chi connectivity index (χ1) is 10.9. The molecule has 2 aliphatic rings. The van der Waals surface area contributed by atoms with Crippen molar-refractivity contribution < 1.29 is 0 Å². The number of allylic oxidation sites excluding steroid dienone is 1. The van der Waals surface area contributed by atoms with E-state index in [2.05, 4.69) is 56.5 Å². The van der Waals surface area contributed by atoms with E-state index in [1.54, 1.807) is 6.33 Å². The van der Waals surface area contributed by atoms with E-state index in [-0.39, 0.29) is 0 Å². The van der Waals surface area contributed by atoms with Gasteiger partial charge in [-0.3, -0.25) is 0 Å². The van der Waals surface area contributed by atoms with Crippen LogP contribution in [0.3, 0.4) is 0 Å². The molecule has 0 bridgehead atoms. The molecule has 1 N–H and O–H groups in total. The Labute approximate surface area is 131 Å². The predicted octanol–water partition coefficient (Wildman–Crippen LogP) is 2.70. The first-order valence-electron chi connectivity index (χ1n) is 8.23. The molecule has 3 atom stereocenters. The van der Waals surface area contributed by atoms with Crippen LogP contribution in [0.15, 0.2) is 43.0 Å². The van der Waals surface area contributed by atoms with Crippen LogP contribution in [-0.2, 0) is 6.42 Å². The molecule has 2 heterocycles. The lowest BCUT2D eigenvalue weighted by Crippen LogP contribution is -2.39. The molecule has 0 radical (unpaired) electrons. The Balaban J connectivity index is 1.64. The quantitative estimate of drug-likeness (QED) is 0.946. The van der Waals surface area contributed by atoms with Crippen LogP contribution in [0, 0.1) is 11.8 Å². The van der Waals surface area contributed by atoms with Gasteiger partial charge in [-0.15, -0.1) is 0 Å². The van der Waals surface area contributed by atoms with Crippen molar-refractivity contribution in [1.29, 1.82) is 0 Å². The van der Waals surface area contributed by atoms with E-state index in [0.717, 1.165) is 19.5 Å². The van der Waals surface area contributed by atoms with Crippen LogP contribution < -0.4 is 5.32 Å². The zero-order chi connectivity index (χ0) is 14.8. The minimum absolute atomic E-state index is 0.389. The largest absolute Gasteiger partial charge is 0.316 e. The molecule has 114 valence electrons. The summed E-state index contributed by atoms with van der Waals surface area (Å²) >= 11 is 0. The van der Waals surface area contributed by atoms with E-state index in [1.165, 1.54) is 24.0 Å². The van der Waals surface area contributed by atoms with Crippen LogP contribution in [0.4, 0.5) is 0 Å². The van der Waals surface area contributed by atoms with Gasteiger partial charge in [0.05, 0.1) is 6.04 Å². The van der Waals surface area contributed by atoms with Crippen LogP contribution in [0.5, 0.6) is 0 Å². The fraction of sp³-hybridized carbons (Fsp3) is 0.444. The fourth-order valence-corrected chi connectivity index (χ4v) is 3.97. The van der Waals surface area contributed by atoms with Gasteiger partial charge in [0.25, 0.3) is 0 Å². The summed E-state index contributed by atoms with van der Waals surface area (Å²) in [5.41, 5.74) is 2.81. The van der Waals surface area contributed by atoms with Crippen LogP contribution in [0.2, 0.25) is 0 Å². The summed E-state index contributed by atoms with van der Waals surface area (Å²) in [5, 5.41) is 8.02. The van der Waals surface area contributed by atoms with Crippen LogP contribution in [0.25, 0.3) is 6.08 Å². The zero-order valence-corrected chi connectivity index (χ0v) is 12.7. The summed E-state index contributed by atoms with van der Waals surface area (Å²) in [6, 6.07) is 9.10. The summed E-state index contributed by atoms with van der Waals surface area (Å²) in [7, 11) is 0. The van der Waals surface area contributed by atoms with E-state index in [0.29, 0.717) is 17.9 Å². The lowest BCUT2D eigenvalue weighted by atomic mass is 9.78. The summed E-state index contributed by atoms with van der Waals surface area (Å²) in [6.07, 6.45) is 11.8. The van der Waals surface area contributed by atoms with Crippen molar-refractivity contribution >= 4 is 6.08 Å². The minimum atomic E-state index is 0.389. The molecule has 0 spiro atoms. The number of hydrogen-bond donors (Lipinski definition) is 1. The third-order valence-electron chi connectivity index (χ3n) is 5.03. The molecule has 4 heteroatoms. The van der Waals surface area contributed by atoms with E-state index in [1.807, 2.05) is 6.33 Å². The first-order valence-corrected chi connectivity index (χ1v) is 8.23. The lowest BCUT2D eigenvalue weighted by Gasteiger charge is -2.36. The topological polar surface area (TPSA) is 42.7 Å². The van der Waals surface area contributed by atoms with Gasteiger partial charge in [0, 0.05) is 12.5 Å². The second-order valence-electron chi connectivity index (χ2n) is 6.40. The van der Waals surface area contributed by atoms with Crippen molar-refractivity contribution in [3.05, 3.63) is 54.1 Å². The predicted molar refractivity (Wildman–Crippen MR) is 87.3 cm³/mol. The van der Waals surface area contributed by atoms with Gasteiger partial charge in [-0.05, 0) is 42.9 Å². The molecule has 1 aromatic carbocycles. The number of benzene rings is 1. The zero-order valence-electron chi connectivity index (χ0n) is 12.7. The van der Waals surface area contributed by atoms with E-state index in [4.69, 9.17) is 0 Å². The molecule has 22 heavy (non-hydrogen) atoms. The van der Waals surface area contributed by atoms with Crippen molar-refractivity contribution in [2.75, 3.05) is 13.1 Å². The van der Waals surface area contributed by atoms with Gasteiger partial charge in [-0.1, -0.05) is 36.4 Å². The van der Waals surface area contributed by atoms with Gasteiger partial charge >= 0.3 is 0 Å². The lowest BCUT2D eigenvalue weighted by molar-refractivity contribution is 0.201. The number of fused-ring (bicyclic) bond motifs is 1. The molecule has 1 aliphatic heterocycles. The highest BCUT2D eigenvalue weighted by Gasteiger charge is 2.32. The molecule has 2 aromatic rings. The summed E-state index contributed by atoms with van der Waals surface area (Å²) in [4.78, 5) is 4.18. The van der Waals surface area contributed by atoms with E-state index >= 15 is 0 Å². The van der Waals surface area contributed by atoms with Crippen molar-refractivity contribution in [3.8, 4) is 0 Å². The summed E-state index contributed by atoms with van der Waals surface area (Å²) in [6.45, 7) is 2.22. The minimum Gasteiger partial charge on any atom is -0.316 e. The second-order valence-corrected chi connectivity index (χ2v) is 6.40. The highest BCUT2D eigenvalue weighted by Crippen LogP contribution is 2.36. The Bertz CT molecular complexity index is 641.